The summed E-state index contributed by atoms with van der Waals surface area (Å²) in [5, 5.41) is 4.32. The predicted octanol–water partition coefficient (Wildman–Crippen LogP) is 9.00. The van der Waals surface area contributed by atoms with Crippen LogP contribution in [-0.2, 0) is 11.6 Å². The van der Waals surface area contributed by atoms with Crippen molar-refractivity contribution >= 4 is 21.5 Å². The molecule has 6 rings (SSSR count). The molecule has 4 aromatic carbocycles. The minimum Gasteiger partial charge on any atom is -0.256 e. The van der Waals surface area contributed by atoms with E-state index in [1.165, 1.54) is 23.3 Å². The van der Waals surface area contributed by atoms with Crippen LogP contribution in [0.25, 0.3) is 43.9 Å². The number of hydrogen-bond donors (Lipinski definition) is 0. The Morgan fingerprint density at radius 1 is 0.686 bits per heavy atom. The van der Waals surface area contributed by atoms with Crippen molar-refractivity contribution < 1.29 is 13.2 Å². The maximum atomic E-state index is 13.5. The Kier molecular flexibility index (Phi) is 4.48. The van der Waals surface area contributed by atoms with Gasteiger partial charge in [-0.1, -0.05) is 61.4 Å². The normalized spacial score (nSPS) is 14.4. The Balaban J connectivity index is 1.63. The maximum Gasteiger partial charge on any atom is 0.416 e. The summed E-state index contributed by atoms with van der Waals surface area (Å²) in [6.45, 7) is 8.37. The Bertz CT molecular complexity index is 1660. The van der Waals surface area contributed by atoms with Crippen LogP contribution in [-0.4, -0.2) is 4.98 Å². The van der Waals surface area contributed by atoms with Crippen molar-refractivity contribution in [3.63, 3.8) is 0 Å². The van der Waals surface area contributed by atoms with Gasteiger partial charge in [0.2, 0.25) is 0 Å². The van der Waals surface area contributed by atoms with Gasteiger partial charge in [-0.2, -0.15) is 13.2 Å². The highest BCUT2D eigenvalue weighted by molar-refractivity contribution is 6.14. The summed E-state index contributed by atoms with van der Waals surface area (Å²) in [6.07, 6.45) is -2.52. The standard InChI is InChI=1S/C31H24F3N/c1-17-13-18(2)15-19(14-17)29-25-9-8-23-21(22(25)11-12-35-29)6-7-24-26-16-20(31(32,33)34)5-10-27(26)30(3,4)28(23)24/h5-16H,1-4H3. The highest BCUT2D eigenvalue weighted by atomic mass is 19.4. The highest BCUT2D eigenvalue weighted by Gasteiger charge is 2.39. The topological polar surface area (TPSA) is 12.9 Å². The van der Waals surface area contributed by atoms with Gasteiger partial charge in [-0.3, -0.25) is 4.98 Å². The number of rotatable bonds is 1. The second-order valence-electron chi connectivity index (χ2n) is 10.2. The van der Waals surface area contributed by atoms with Crippen LogP contribution in [0, 0.1) is 13.8 Å². The predicted molar refractivity (Wildman–Crippen MR) is 137 cm³/mol. The molecule has 1 aliphatic rings. The third-order valence-corrected chi connectivity index (χ3v) is 7.37. The van der Waals surface area contributed by atoms with Crippen molar-refractivity contribution in [2.24, 2.45) is 0 Å². The van der Waals surface area contributed by atoms with Crippen LogP contribution in [0.3, 0.4) is 0 Å². The van der Waals surface area contributed by atoms with Gasteiger partial charge >= 0.3 is 6.18 Å². The van der Waals surface area contributed by atoms with Gasteiger partial charge in [-0.25, -0.2) is 0 Å². The molecular formula is C31H24F3N. The van der Waals surface area contributed by atoms with E-state index >= 15 is 0 Å². The van der Waals surface area contributed by atoms with Crippen LogP contribution in [0.4, 0.5) is 13.2 Å². The Hall–Kier alpha value is -3.66. The van der Waals surface area contributed by atoms with Crippen molar-refractivity contribution in [3.05, 3.63) is 101 Å². The monoisotopic (exact) mass is 467 g/mol. The Morgan fingerprint density at radius 2 is 1.34 bits per heavy atom. The number of aromatic nitrogens is 1. The second kappa shape index (κ2) is 7.17. The first-order chi connectivity index (χ1) is 16.6. The quantitative estimate of drug-likeness (QED) is 0.224. The van der Waals surface area contributed by atoms with Gasteiger partial charge in [0.15, 0.2) is 0 Å². The maximum absolute atomic E-state index is 13.5. The fourth-order valence-corrected chi connectivity index (χ4v) is 5.93. The molecule has 35 heavy (non-hydrogen) atoms. The Morgan fingerprint density at radius 3 is 2.06 bits per heavy atom. The van der Waals surface area contributed by atoms with E-state index in [0.717, 1.165) is 49.5 Å². The fraction of sp³-hybridized carbons (Fsp3) is 0.194. The van der Waals surface area contributed by atoms with E-state index in [9.17, 15) is 13.2 Å². The van der Waals surface area contributed by atoms with Gasteiger partial charge in [-0.05, 0) is 82.6 Å². The highest BCUT2D eigenvalue weighted by Crippen LogP contribution is 2.53. The van der Waals surface area contributed by atoms with Gasteiger partial charge in [-0.15, -0.1) is 0 Å². The van der Waals surface area contributed by atoms with Gasteiger partial charge < -0.3 is 0 Å². The smallest absolute Gasteiger partial charge is 0.256 e. The lowest BCUT2D eigenvalue weighted by Crippen LogP contribution is -2.16. The van der Waals surface area contributed by atoms with Crippen LogP contribution in [0.15, 0.2) is 72.9 Å². The molecule has 174 valence electrons. The van der Waals surface area contributed by atoms with E-state index in [1.807, 2.05) is 24.4 Å². The van der Waals surface area contributed by atoms with Crippen LogP contribution >= 0.6 is 0 Å². The molecule has 0 spiro atoms. The number of nitrogens with zero attached hydrogens (tertiary/aromatic N) is 1. The van der Waals surface area contributed by atoms with Crippen molar-refractivity contribution in [1.82, 2.24) is 4.98 Å². The van der Waals surface area contributed by atoms with Crippen LogP contribution in [0.2, 0.25) is 0 Å². The number of alkyl halides is 3. The van der Waals surface area contributed by atoms with Crippen molar-refractivity contribution in [1.29, 1.82) is 0 Å². The van der Waals surface area contributed by atoms with Gasteiger partial charge in [0.1, 0.15) is 0 Å². The number of aryl methyl sites for hydroxylation is 2. The van der Waals surface area contributed by atoms with E-state index in [-0.39, 0.29) is 0 Å². The number of benzene rings is 4. The third-order valence-electron chi connectivity index (χ3n) is 7.37. The molecule has 0 N–H and O–H groups in total. The molecule has 1 aromatic heterocycles. The number of halogens is 3. The van der Waals surface area contributed by atoms with E-state index in [4.69, 9.17) is 4.98 Å². The largest absolute Gasteiger partial charge is 0.416 e. The number of fused-ring (bicyclic) bond motifs is 7. The molecule has 0 amide bonds. The molecule has 0 saturated carbocycles. The van der Waals surface area contributed by atoms with Crippen LogP contribution in [0.1, 0.15) is 41.7 Å². The molecule has 0 fully saturated rings. The minimum atomic E-state index is -4.37. The average Bonchev–Trinajstić information content (AvgIpc) is 3.04. The summed E-state index contributed by atoms with van der Waals surface area (Å²) < 4.78 is 40.4. The second-order valence-corrected chi connectivity index (χ2v) is 10.2. The third kappa shape index (κ3) is 3.19. The van der Waals surface area contributed by atoms with E-state index in [2.05, 4.69) is 58.0 Å². The summed E-state index contributed by atoms with van der Waals surface area (Å²) >= 11 is 0. The summed E-state index contributed by atoms with van der Waals surface area (Å²) in [5.74, 6) is 0. The molecule has 0 radical (unpaired) electrons. The van der Waals surface area contributed by atoms with E-state index in [1.54, 1.807) is 6.07 Å². The first-order valence-electron chi connectivity index (χ1n) is 11.7. The molecule has 5 aromatic rings. The Labute approximate surface area is 202 Å². The van der Waals surface area contributed by atoms with E-state index in [0.29, 0.717) is 5.56 Å². The SMILES string of the molecule is Cc1cc(C)cc(-c2nccc3c2ccc2c4c(ccc23)-c2cc(C(F)(F)F)ccc2C4(C)C)c1. The summed E-state index contributed by atoms with van der Waals surface area (Å²) in [6, 6.07) is 20.9. The summed E-state index contributed by atoms with van der Waals surface area (Å²) in [5.41, 5.74) is 6.95. The molecule has 1 heterocycles. The molecule has 0 unspecified atom stereocenters. The van der Waals surface area contributed by atoms with Gasteiger partial charge in [0.05, 0.1) is 11.3 Å². The first kappa shape index (κ1) is 21.8. The lowest BCUT2D eigenvalue weighted by Gasteiger charge is -2.24. The number of pyridine rings is 1. The zero-order valence-electron chi connectivity index (χ0n) is 20.0. The molecule has 1 nitrogen and oxygen atoms in total. The lowest BCUT2D eigenvalue weighted by molar-refractivity contribution is -0.137. The molecule has 0 atom stereocenters. The first-order valence-corrected chi connectivity index (χ1v) is 11.7. The zero-order valence-corrected chi connectivity index (χ0v) is 20.0. The van der Waals surface area contributed by atoms with Crippen LogP contribution < -0.4 is 0 Å². The molecule has 0 saturated heterocycles. The lowest BCUT2D eigenvalue weighted by atomic mass is 9.79. The molecule has 4 heteroatoms. The molecule has 0 bridgehead atoms. The average molecular weight is 468 g/mol. The van der Waals surface area contributed by atoms with Gasteiger partial charge in [0, 0.05) is 22.6 Å². The van der Waals surface area contributed by atoms with Crippen molar-refractivity contribution in [2.45, 2.75) is 39.3 Å². The molecule has 1 aliphatic carbocycles. The summed E-state index contributed by atoms with van der Waals surface area (Å²) in [4.78, 5) is 4.73. The van der Waals surface area contributed by atoms with Gasteiger partial charge in [0.25, 0.3) is 0 Å². The molecular weight excluding hydrogens is 443 g/mol. The summed E-state index contributed by atoms with van der Waals surface area (Å²) in [7, 11) is 0. The van der Waals surface area contributed by atoms with Crippen molar-refractivity contribution in [3.8, 4) is 22.4 Å². The van der Waals surface area contributed by atoms with E-state index < -0.39 is 17.2 Å². The van der Waals surface area contributed by atoms with Crippen LogP contribution in [0.5, 0.6) is 0 Å². The fourth-order valence-electron chi connectivity index (χ4n) is 5.93. The minimum absolute atomic E-state index is 0.411. The molecule has 0 aliphatic heterocycles. The number of hydrogen-bond acceptors (Lipinski definition) is 1. The zero-order chi connectivity index (χ0) is 24.7. The van der Waals surface area contributed by atoms with Crippen molar-refractivity contribution in [2.75, 3.05) is 0 Å².